The molecule has 1 aromatic heterocycles. The van der Waals surface area contributed by atoms with Gasteiger partial charge in [0.1, 0.15) is 5.82 Å². The number of hydrogen-bond acceptors (Lipinski definition) is 3. The third kappa shape index (κ3) is 4.24. The molecule has 0 aromatic carbocycles. The number of aromatic nitrogens is 1. The summed E-state index contributed by atoms with van der Waals surface area (Å²) in [6.07, 6.45) is 3.64. The molecule has 2 nitrogen and oxygen atoms in total. The van der Waals surface area contributed by atoms with Gasteiger partial charge in [-0.25, -0.2) is 4.39 Å². The fraction of sp³-hybridized carbons (Fsp3) is 0.444. The number of halogens is 1. The molecule has 0 aliphatic carbocycles. The maximum atomic E-state index is 12.6. The van der Waals surface area contributed by atoms with Crippen LogP contribution in [-0.4, -0.2) is 22.5 Å². The second kappa shape index (κ2) is 5.94. The van der Waals surface area contributed by atoms with Crippen LogP contribution in [0.1, 0.15) is 12.0 Å². The molecule has 0 saturated carbocycles. The van der Waals surface area contributed by atoms with Crippen LogP contribution in [0.5, 0.6) is 0 Å². The van der Waals surface area contributed by atoms with Crippen molar-refractivity contribution in [1.82, 2.24) is 4.98 Å². The van der Waals surface area contributed by atoms with Gasteiger partial charge in [0, 0.05) is 18.6 Å². The molecule has 0 saturated heterocycles. The van der Waals surface area contributed by atoms with Gasteiger partial charge in [-0.2, -0.15) is 11.8 Å². The van der Waals surface area contributed by atoms with Crippen molar-refractivity contribution in [3.05, 3.63) is 29.8 Å². The Morgan fingerprint density at radius 3 is 3.00 bits per heavy atom. The van der Waals surface area contributed by atoms with Crippen molar-refractivity contribution in [2.45, 2.75) is 12.2 Å². The molecule has 72 valence electrons. The van der Waals surface area contributed by atoms with E-state index in [2.05, 4.69) is 4.98 Å². The highest BCUT2D eigenvalue weighted by atomic mass is 32.2. The number of pyridine rings is 1. The maximum Gasteiger partial charge on any atom is 0.141 e. The minimum Gasteiger partial charge on any atom is -0.396 e. The van der Waals surface area contributed by atoms with E-state index in [0.717, 1.165) is 23.5 Å². The van der Waals surface area contributed by atoms with E-state index in [0.29, 0.717) is 0 Å². The van der Waals surface area contributed by atoms with Crippen LogP contribution in [0.3, 0.4) is 0 Å². The number of aliphatic hydroxyl groups excluding tert-OH is 1. The molecule has 1 heterocycles. The molecular weight excluding hydrogens is 189 g/mol. The molecule has 0 spiro atoms. The van der Waals surface area contributed by atoms with Crippen LogP contribution in [0, 0.1) is 5.82 Å². The van der Waals surface area contributed by atoms with Crippen molar-refractivity contribution in [3.63, 3.8) is 0 Å². The highest BCUT2D eigenvalue weighted by Crippen LogP contribution is 2.12. The lowest BCUT2D eigenvalue weighted by molar-refractivity contribution is 0.296. The Kier molecular flexibility index (Phi) is 4.78. The topological polar surface area (TPSA) is 33.1 Å². The first-order valence-electron chi connectivity index (χ1n) is 4.11. The summed E-state index contributed by atoms with van der Waals surface area (Å²) in [4.78, 5) is 3.75. The second-order valence-electron chi connectivity index (χ2n) is 2.64. The van der Waals surface area contributed by atoms with Gasteiger partial charge in [-0.3, -0.25) is 4.98 Å². The lowest BCUT2D eigenvalue weighted by Gasteiger charge is -1.99. The average molecular weight is 201 g/mol. The Morgan fingerprint density at radius 2 is 2.31 bits per heavy atom. The van der Waals surface area contributed by atoms with Gasteiger partial charge in [-0.1, -0.05) is 0 Å². The Hall–Kier alpha value is -0.610. The van der Waals surface area contributed by atoms with Gasteiger partial charge in [-0.15, -0.1) is 0 Å². The number of rotatable bonds is 5. The van der Waals surface area contributed by atoms with Crippen LogP contribution in [-0.2, 0) is 5.75 Å². The second-order valence-corrected chi connectivity index (χ2v) is 3.75. The Bertz CT molecular complexity index is 257. The summed E-state index contributed by atoms with van der Waals surface area (Å²) in [6.45, 7) is 0.217. The first-order valence-corrected chi connectivity index (χ1v) is 5.26. The predicted molar refractivity (Wildman–Crippen MR) is 52.1 cm³/mol. The fourth-order valence-corrected chi connectivity index (χ4v) is 1.76. The lowest BCUT2D eigenvalue weighted by Crippen LogP contribution is -1.89. The lowest BCUT2D eigenvalue weighted by atomic mass is 10.3. The monoisotopic (exact) mass is 201 g/mol. The Morgan fingerprint density at radius 1 is 1.46 bits per heavy atom. The summed E-state index contributed by atoms with van der Waals surface area (Å²) in [5.41, 5.74) is 0.892. The highest BCUT2D eigenvalue weighted by Gasteiger charge is 1.96. The molecule has 13 heavy (non-hydrogen) atoms. The maximum absolute atomic E-state index is 12.6. The quantitative estimate of drug-likeness (QED) is 0.738. The summed E-state index contributed by atoms with van der Waals surface area (Å²) in [7, 11) is 0. The number of nitrogens with zero attached hydrogens (tertiary/aromatic N) is 1. The summed E-state index contributed by atoms with van der Waals surface area (Å²) < 4.78 is 12.6. The van der Waals surface area contributed by atoms with Gasteiger partial charge in [0.05, 0.1) is 6.20 Å². The summed E-state index contributed by atoms with van der Waals surface area (Å²) in [6, 6.07) is 1.49. The van der Waals surface area contributed by atoms with Gasteiger partial charge in [0.25, 0.3) is 0 Å². The molecule has 0 bridgehead atoms. The average Bonchev–Trinajstić information content (AvgIpc) is 2.13. The van der Waals surface area contributed by atoms with E-state index in [9.17, 15) is 4.39 Å². The normalized spacial score (nSPS) is 10.3. The van der Waals surface area contributed by atoms with E-state index in [1.165, 1.54) is 12.3 Å². The van der Waals surface area contributed by atoms with Gasteiger partial charge in [-0.05, 0) is 23.8 Å². The largest absolute Gasteiger partial charge is 0.396 e. The van der Waals surface area contributed by atoms with Crippen LogP contribution in [0.25, 0.3) is 0 Å². The Labute approximate surface area is 81.2 Å². The van der Waals surface area contributed by atoms with Crippen LogP contribution in [0.2, 0.25) is 0 Å². The first-order chi connectivity index (χ1) is 6.33. The molecule has 0 amide bonds. The van der Waals surface area contributed by atoms with Gasteiger partial charge in [0.15, 0.2) is 0 Å². The van der Waals surface area contributed by atoms with Crippen LogP contribution >= 0.6 is 11.8 Å². The molecule has 1 aromatic rings. The van der Waals surface area contributed by atoms with Gasteiger partial charge < -0.3 is 5.11 Å². The highest BCUT2D eigenvalue weighted by molar-refractivity contribution is 7.98. The molecule has 0 atom stereocenters. The van der Waals surface area contributed by atoms with E-state index in [4.69, 9.17) is 5.11 Å². The molecule has 0 unspecified atom stereocenters. The molecule has 0 radical (unpaired) electrons. The van der Waals surface area contributed by atoms with Crippen molar-refractivity contribution >= 4 is 11.8 Å². The summed E-state index contributed by atoms with van der Waals surface area (Å²) in [5.74, 6) is 1.36. The van der Waals surface area contributed by atoms with Crippen LogP contribution in [0.15, 0.2) is 18.5 Å². The molecule has 0 aliphatic heterocycles. The molecule has 1 rings (SSSR count). The predicted octanol–water partition coefficient (Wildman–Crippen LogP) is 1.84. The first kappa shape index (κ1) is 10.5. The van der Waals surface area contributed by atoms with Crippen molar-refractivity contribution in [2.75, 3.05) is 12.4 Å². The number of hydrogen-bond donors (Lipinski definition) is 1. The van der Waals surface area contributed by atoms with E-state index < -0.39 is 0 Å². The van der Waals surface area contributed by atoms with Crippen molar-refractivity contribution in [2.24, 2.45) is 0 Å². The molecule has 0 fully saturated rings. The third-order valence-corrected chi connectivity index (χ3v) is 2.59. The smallest absolute Gasteiger partial charge is 0.141 e. The standard InChI is InChI=1S/C9H12FNOS/c10-9-4-8(5-11-6-9)7-13-3-1-2-12/h4-6,12H,1-3,7H2. The summed E-state index contributed by atoms with van der Waals surface area (Å²) in [5, 5.41) is 8.52. The third-order valence-electron chi connectivity index (χ3n) is 1.48. The van der Waals surface area contributed by atoms with Crippen molar-refractivity contribution < 1.29 is 9.50 Å². The van der Waals surface area contributed by atoms with Gasteiger partial charge in [0.2, 0.25) is 0 Å². The zero-order valence-electron chi connectivity index (χ0n) is 7.24. The molecule has 1 N–H and O–H groups in total. The minimum atomic E-state index is -0.291. The van der Waals surface area contributed by atoms with E-state index in [-0.39, 0.29) is 12.4 Å². The van der Waals surface area contributed by atoms with Gasteiger partial charge >= 0.3 is 0 Å². The summed E-state index contributed by atoms with van der Waals surface area (Å²) >= 11 is 1.67. The van der Waals surface area contributed by atoms with E-state index in [1.807, 2.05) is 0 Å². The molecular formula is C9H12FNOS. The SMILES string of the molecule is OCCCSCc1cncc(F)c1. The molecule has 0 aliphatic rings. The number of aliphatic hydroxyl groups is 1. The fourth-order valence-electron chi connectivity index (χ4n) is 0.891. The molecule has 4 heteroatoms. The Balaban J connectivity index is 2.28. The zero-order valence-corrected chi connectivity index (χ0v) is 8.06. The van der Waals surface area contributed by atoms with E-state index in [1.54, 1.807) is 18.0 Å². The number of thioether (sulfide) groups is 1. The minimum absolute atomic E-state index is 0.217. The van der Waals surface area contributed by atoms with Crippen molar-refractivity contribution in [1.29, 1.82) is 0 Å². The van der Waals surface area contributed by atoms with Crippen LogP contribution < -0.4 is 0 Å². The van der Waals surface area contributed by atoms with E-state index >= 15 is 0 Å². The zero-order chi connectivity index (χ0) is 9.52. The van der Waals surface area contributed by atoms with Crippen LogP contribution in [0.4, 0.5) is 4.39 Å². The van der Waals surface area contributed by atoms with Crippen molar-refractivity contribution in [3.8, 4) is 0 Å².